The van der Waals surface area contributed by atoms with E-state index in [-0.39, 0.29) is 12.0 Å². The van der Waals surface area contributed by atoms with E-state index in [0.717, 1.165) is 32.4 Å². The molecule has 0 radical (unpaired) electrons. The van der Waals surface area contributed by atoms with Gasteiger partial charge in [0.2, 0.25) is 0 Å². The summed E-state index contributed by atoms with van der Waals surface area (Å²) >= 11 is 0. The number of unbranched alkanes of at least 4 members (excludes halogenated alkanes) is 1. The lowest BCUT2D eigenvalue weighted by Gasteiger charge is -2.25. The summed E-state index contributed by atoms with van der Waals surface area (Å²) in [6.07, 6.45) is 5.57. The van der Waals surface area contributed by atoms with E-state index in [0.29, 0.717) is 6.04 Å². The van der Waals surface area contributed by atoms with Crippen molar-refractivity contribution in [2.24, 2.45) is 0 Å². The monoisotopic (exact) mass is 256 g/mol. The molecule has 1 heterocycles. The molecule has 0 amide bonds. The van der Waals surface area contributed by atoms with Crippen LogP contribution in [-0.4, -0.2) is 49.7 Å². The van der Waals surface area contributed by atoms with E-state index in [1.807, 2.05) is 0 Å². The van der Waals surface area contributed by atoms with Gasteiger partial charge in [0.15, 0.2) is 0 Å². The van der Waals surface area contributed by atoms with E-state index < -0.39 is 0 Å². The van der Waals surface area contributed by atoms with Gasteiger partial charge in [0.25, 0.3) is 0 Å². The average molecular weight is 256 g/mol. The van der Waals surface area contributed by atoms with Gasteiger partial charge in [-0.1, -0.05) is 26.7 Å². The van der Waals surface area contributed by atoms with Crippen LogP contribution in [-0.2, 0) is 9.53 Å². The highest BCUT2D eigenvalue weighted by Gasteiger charge is 2.25. The summed E-state index contributed by atoms with van der Waals surface area (Å²) in [6, 6.07) is 0.457. The molecular formula is C14H28N2O2. The Morgan fingerprint density at radius 1 is 1.50 bits per heavy atom. The molecule has 1 saturated heterocycles. The Morgan fingerprint density at radius 3 is 2.89 bits per heavy atom. The van der Waals surface area contributed by atoms with Crippen LogP contribution in [0.5, 0.6) is 0 Å². The fraction of sp³-hybridized carbons (Fsp3) is 0.929. The van der Waals surface area contributed by atoms with Crippen LogP contribution in [0.3, 0.4) is 0 Å². The highest BCUT2D eigenvalue weighted by Crippen LogP contribution is 2.16. The van der Waals surface area contributed by atoms with Crippen molar-refractivity contribution in [2.45, 2.75) is 58.0 Å². The molecule has 106 valence electrons. The van der Waals surface area contributed by atoms with Gasteiger partial charge in [-0.3, -0.25) is 9.69 Å². The predicted octanol–water partition coefficient (Wildman–Crippen LogP) is 1.79. The third-order valence-corrected chi connectivity index (χ3v) is 3.84. The normalized spacial score (nSPS) is 22.1. The summed E-state index contributed by atoms with van der Waals surface area (Å²) in [5.74, 6) is -0.121. The van der Waals surface area contributed by atoms with Crippen LogP contribution in [0, 0.1) is 0 Å². The number of ether oxygens (including phenoxy) is 1. The zero-order valence-corrected chi connectivity index (χ0v) is 12.1. The molecule has 0 saturated carbocycles. The lowest BCUT2D eigenvalue weighted by molar-refractivity contribution is -0.143. The molecule has 0 aromatic rings. The van der Waals surface area contributed by atoms with Gasteiger partial charge in [0, 0.05) is 12.6 Å². The minimum Gasteiger partial charge on any atom is -0.468 e. The van der Waals surface area contributed by atoms with Crippen molar-refractivity contribution in [2.75, 3.05) is 26.7 Å². The van der Waals surface area contributed by atoms with Crippen LogP contribution in [0.2, 0.25) is 0 Å². The summed E-state index contributed by atoms with van der Waals surface area (Å²) in [6.45, 7) is 7.54. The highest BCUT2D eigenvalue weighted by atomic mass is 16.5. The first-order valence-electron chi connectivity index (χ1n) is 7.28. The van der Waals surface area contributed by atoms with Crippen molar-refractivity contribution in [1.82, 2.24) is 10.2 Å². The molecule has 0 bridgehead atoms. The number of nitrogens with one attached hydrogen (secondary N) is 1. The number of carbonyl (C=O) groups is 1. The average Bonchev–Trinajstić information content (AvgIpc) is 2.85. The second-order valence-corrected chi connectivity index (χ2v) is 5.05. The van der Waals surface area contributed by atoms with Gasteiger partial charge in [0.1, 0.15) is 6.04 Å². The second kappa shape index (κ2) is 8.48. The molecule has 0 aromatic carbocycles. The zero-order chi connectivity index (χ0) is 13.4. The molecule has 1 N–H and O–H groups in total. The molecule has 4 heteroatoms. The lowest BCUT2D eigenvalue weighted by atomic mass is 10.1. The number of methoxy groups -OCH3 is 1. The number of nitrogens with zero attached hydrogens (tertiary/aromatic N) is 1. The Labute approximate surface area is 111 Å². The fourth-order valence-corrected chi connectivity index (χ4v) is 2.67. The Hall–Kier alpha value is -0.610. The van der Waals surface area contributed by atoms with Gasteiger partial charge < -0.3 is 10.1 Å². The van der Waals surface area contributed by atoms with Crippen LogP contribution >= 0.6 is 0 Å². The van der Waals surface area contributed by atoms with Crippen LogP contribution in [0.25, 0.3) is 0 Å². The summed E-state index contributed by atoms with van der Waals surface area (Å²) in [5.41, 5.74) is 0. The standard InChI is InChI=1S/C14H28N2O2/c1-4-6-9-13(14(17)18-3)15-11-12-8-7-10-16(12)5-2/h12-13,15H,4-11H2,1-3H3. The number of likely N-dealkylation sites (tertiary alicyclic amines) is 1. The Morgan fingerprint density at radius 2 is 2.28 bits per heavy atom. The first kappa shape index (κ1) is 15.4. The van der Waals surface area contributed by atoms with E-state index in [1.165, 1.54) is 26.5 Å². The second-order valence-electron chi connectivity index (χ2n) is 5.05. The van der Waals surface area contributed by atoms with E-state index in [4.69, 9.17) is 4.74 Å². The molecule has 1 fully saturated rings. The number of carbonyl (C=O) groups excluding carboxylic acids is 1. The number of likely N-dealkylation sites (N-methyl/N-ethyl adjacent to an activating group) is 1. The van der Waals surface area contributed by atoms with Crippen molar-refractivity contribution in [1.29, 1.82) is 0 Å². The van der Waals surface area contributed by atoms with Crippen molar-refractivity contribution in [3.8, 4) is 0 Å². The summed E-state index contributed by atoms with van der Waals surface area (Å²) in [5, 5.41) is 3.40. The summed E-state index contributed by atoms with van der Waals surface area (Å²) in [4.78, 5) is 14.2. The number of rotatable bonds is 8. The zero-order valence-electron chi connectivity index (χ0n) is 12.1. The molecule has 0 aliphatic carbocycles. The first-order chi connectivity index (χ1) is 8.72. The Kier molecular flexibility index (Phi) is 7.28. The molecule has 2 unspecified atom stereocenters. The molecule has 4 nitrogen and oxygen atoms in total. The first-order valence-corrected chi connectivity index (χ1v) is 7.28. The van der Waals surface area contributed by atoms with E-state index in [9.17, 15) is 4.79 Å². The van der Waals surface area contributed by atoms with Gasteiger partial charge in [0.05, 0.1) is 7.11 Å². The molecule has 2 atom stereocenters. The maximum absolute atomic E-state index is 11.7. The molecular weight excluding hydrogens is 228 g/mol. The number of hydrogen-bond donors (Lipinski definition) is 1. The van der Waals surface area contributed by atoms with Crippen LogP contribution in [0.1, 0.15) is 46.0 Å². The maximum Gasteiger partial charge on any atom is 0.322 e. The molecule has 18 heavy (non-hydrogen) atoms. The summed E-state index contributed by atoms with van der Waals surface area (Å²) in [7, 11) is 1.47. The SMILES string of the molecule is CCCCC(NCC1CCCN1CC)C(=O)OC. The van der Waals surface area contributed by atoms with Crippen molar-refractivity contribution in [3.05, 3.63) is 0 Å². The third kappa shape index (κ3) is 4.58. The quantitative estimate of drug-likeness (QED) is 0.672. The van der Waals surface area contributed by atoms with Crippen molar-refractivity contribution < 1.29 is 9.53 Å². The predicted molar refractivity (Wildman–Crippen MR) is 73.6 cm³/mol. The lowest BCUT2D eigenvalue weighted by Crippen LogP contribution is -2.45. The smallest absolute Gasteiger partial charge is 0.322 e. The minimum absolute atomic E-state index is 0.121. The van der Waals surface area contributed by atoms with Gasteiger partial charge >= 0.3 is 5.97 Å². The van der Waals surface area contributed by atoms with Gasteiger partial charge in [-0.15, -0.1) is 0 Å². The molecule has 0 aromatic heterocycles. The van der Waals surface area contributed by atoms with Gasteiger partial charge in [-0.25, -0.2) is 0 Å². The molecule has 1 rings (SSSR count). The van der Waals surface area contributed by atoms with Gasteiger partial charge in [-0.2, -0.15) is 0 Å². The van der Waals surface area contributed by atoms with E-state index >= 15 is 0 Å². The number of esters is 1. The van der Waals surface area contributed by atoms with Crippen molar-refractivity contribution in [3.63, 3.8) is 0 Å². The minimum atomic E-state index is -0.130. The fourth-order valence-electron chi connectivity index (χ4n) is 2.67. The van der Waals surface area contributed by atoms with Crippen LogP contribution in [0.4, 0.5) is 0 Å². The van der Waals surface area contributed by atoms with Crippen LogP contribution in [0.15, 0.2) is 0 Å². The van der Waals surface area contributed by atoms with Gasteiger partial charge in [-0.05, 0) is 32.4 Å². The van der Waals surface area contributed by atoms with E-state index in [2.05, 4.69) is 24.1 Å². The Balaban J connectivity index is 2.38. The van der Waals surface area contributed by atoms with Crippen LogP contribution < -0.4 is 5.32 Å². The number of hydrogen-bond acceptors (Lipinski definition) is 4. The topological polar surface area (TPSA) is 41.6 Å². The largest absolute Gasteiger partial charge is 0.468 e. The highest BCUT2D eigenvalue weighted by molar-refractivity contribution is 5.75. The molecule has 1 aliphatic heterocycles. The van der Waals surface area contributed by atoms with E-state index in [1.54, 1.807) is 0 Å². The molecule has 0 spiro atoms. The molecule has 1 aliphatic rings. The Bertz CT molecular complexity index is 246. The summed E-state index contributed by atoms with van der Waals surface area (Å²) < 4.78 is 4.86. The third-order valence-electron chi connectivity index (χ3n) is 3.84. The maximum atomic E-state index is 11.7. The van der Waals surface area contributed by atoms with Crippen molar-refractivity contribution >= 4 is 5.97 Å².